The number of carbonyl (C=O) groups is 2. The molecular formula is C32H31N3O5. The van der Waals surface area contributed by atoms with Crippen molar-refractivity contribution in [3.05, 3.63) is 108 Å². The summed E-state index contributed by atoms with van der Waals surface area (Å²) in [6.07, 6.45) is 2.95. The van der Waals surface area contributed by atoms with Crippen LogP contribution < -0.4 is 4.74 Å². The summed E-state index contributed by atoms with van der Waals surface area (Å²) in [5.74, 6) is 0.725. The van der Waals surface area contributed by atoms with Gasteiger partial charge in [-0.25, -0.2) is 9.78 Å². The van der Waals surface area contributed by atoms with Crippen LogP contribution in [0.3, 0.4) is 0 Å². The van der Waals surface area contributed by atoms with Crippen LogP contribution in [0.25, 0.3) is 22.4 Å². The number of amides is 1. The zero-order valence-electron chi connectivity index (χ0n) is 22.5. The van der Waals surface area contributed by atoms with Crippen LogP contribution in [-0.2, 0) is 24.3 Å². The quantitative estimate of drug-likeness (QED) is 0.215. The number of hydrogen-bond acceptors (Lipinski definition) is 5. The first-order valence-corrected chi connectivity index (χ1v) is 13.2. The average molecular weight is 538 g/mol. The van der Waals surface area contributed by atoms with Crippen molar-refractivity contribution >= 4 is 23.0 Å². The van der Waals surface area contributed by atoms with Crippen molar-refractivity contribution in [1.82, 2.24) is 14.5 Å². The lowest BCUT2D eigenvalue weighted by atomic mass is 10.1. The van der Waals surface area contributed by atoms with Crippen LogP contribution in [-0.4, -0.2) is 38.2 Å². The molecule has 5 rings (SSSR count). The minimum Gasteiger partial charge on any atom is -0.480 e. The fourth-order valence-electron chi connectivity index (χ4n) is 4.73. The van der Waals surface area contributed by atoms with E-state index in [4.69, 9.17) is 14.1 Å². The van der Waals surface area contributed by atoms with Crippen LogP contribution in [0.4, 0.5) is 4.79 Å². The molecule has 1 N–H and O–H groups in total. The number of hydrogen-bond donors (Lipinski definition) is 1. The van der Waals surface area contributed by atoms with Gasteiger partial charge in [0.15, 0.2) is 0 Å². The number of benzene rings is 3. The lowest BCUT2D eigenvalue weighted by molar-refractivity contribution is -0.138. The fourth-order valence-corrected chi connectivity index (χ4v) is 4.73. The smallest absolute Gasteiger partial charge is 0.416 e. The highest BCUT2D eigenvalue weighted by molar-refractivity contribution is 5.85. The van der Waals surface area contributed by atoms with Crippen LogP contribution in [0.2, 0.25) is 0 Å². The predicted octanol–water partition coefficient (Wildman–Crippen LogP) is 6.63. The van der Waals surface area contributed by atoms with Gasteiger partial charge in [0.2, 0.25) is 5.89 Å². The summed E-state index contributed by atoms with van der Waals surface area (Å²) in [5.41, 5.74) is 4.80. The van der Waals surface area contributed by atoms with Gasteiger partial charge in [-0.3, -0.25) is 9.69 Å². The third-order valence-corrected chi connectivity index (χ3v) is 6.80. The monoisotopic (exact) mass is 537 g/mol. The summed E-state index contributed by atoms with van der Waals surface area (Å²) < 4.78 is 13.5. The molecule has 0 aliphatic carbocycles. The normalized spacial score (nSPS) is 11.1. The highest BCUT2D eigenvalue weighted by Crippen LogP contribution is 2.25. The summed E-state index contributed by atoms with van der Waals surface area (Å²) >= 11 is 0. The second-order valence-electron chi connectivity index (χ2n) is 9.78. The lowest BCUT2D eigenvalue weighted by Crippen LogP contribution is -2.37. The van der Waals surface area contributed by atoms with E-state index in [1.54, 1.807) is 12.1 Å². The number of aryl methyl sites for hydroxylation is 4. The summed E-state index contributed by atoms with van der Waals surface area (Å²) in [4.78, 5) is 30.4. The van der Waals surface area contributed by atoms with Gasteiger partial charge in [-0.2, -0.15) is 0 Å². The van der Waals surface area contributed by atoms with E-state index in [0.717, 1.165) is 58.4 Å². The van der Waals surface area contributed by atoms with Crippen LogP contribution in [0.5, 0.6) is 5.75 Å². The Labute approximate surface area is 232 Å². The van der Waals surface area contributed by atoms with Gasteiger partial charge in [0.05, 0.1) is 12.2 Å². The van der Waals surface area contributed by atoms with Crippen molar-refractivity contribution in [2.45, 2.75) is 39.8 Å². The molecule has 0 saturated heterocycles. The highest BCUT2D eigenvalue weighted by atomic mass is 16.6. The number of ether oxygens (including phenoxy) is 1. The Kier molecular flexibility index (Phi) is 7.96. The van der Waals surface area contributed by atoms with Crippen molar-refractivity contribution in [3.63, 3.8) is 0 Å². The van der Waals surface area contributed by atoms with E-state index in [2.05, 4.69) is 4.57 Å². The predicted molar refractivity (Wildman–Crippen MR) is 152 cm³/mol. The van der Waals surface area contributed by atoms with E-state index >= 15 is 0 Å². The molecule has 3 aromatic carbocycles. The molecule has 2 heterocycles. The van der Waals surface area contributed by atoms with Crippen molar-refractivity contribution in [2.75, 3.05) is 6.54 Å². The molecule has 0 bridgehead atoms. The Morgan fingerprint density at radius 1 is 0.975 bits per heavy atom. The summed E-state index contributed by atoms with van der Waals surface area (Å²) in [6.45, 7) is 4.29. The van der Waals surface area contributed by atoms with E-state index in [1.807, 2.05) is 86.8 Å². The Bertz CT molecular complexity index is 1620. The molecular weight excluding hydrogens is 506 g/mol. The Hall–Kier alpha value is -4.85. The summed E-state index contributed by atoms with van der Waals surface area (Å²) in [7, 11) is 0. The maximum absolute atomic E-state index is 12.9. The van der Waals surface area contributed by atoms with E-state index in [9.17, 15) is 14.7 Å². The molecule has 40 heavy (non-hydrogen) atoms. The first-order valence-electron chi connectivity index (χ1n) is 13.2. The number of carboxylic acid groups (broad SMARTS) is 1. The molecule has 0 saturated carbocycles. The van der Waals surface area contributed by atoms with E-state index in [0.29, 0.717) is 11.6 Å². The number of fused-ring (bicyclic) bond motifs is 1. The maximum atomic E-state index is 12.9. The zero-order chi connectivity index (χ0) is 28.1. The van der Waals surface area contributed by atoms with Crippen LogP contribution in [0, 0.1) is 13.8 Å². The van der Waals surface area contributed by atoms with Gasteiger partial charge in [0.1, 0.15) is 18.1 Å². The Morgan fingerprint density at radius 3 is 2.50 bits per heavy atom. The number of aliphatic carboxylic acids is 1. The van der Waals surface area contributed by atoms with Crippen molar-refractivity contribution in [3.8, 4) is 17.2 Å². The molecule has 5 aromatic rings. The number of carbonyl (C=O) groups excluding carboxylic acids is 1. The van der Waals surface area contributed by atoms with Crippen LogP contribution in [0.15, 0.2) is 89.5 Å². The molecule has 0 spiro atoms. The SMILES string of the molecule is Cc1ccc(OC(=O)N(CC(=O)O)Cc2cccc3c2ccn3CCCc2nc(-c3ccccc3)oc2C)cc1. The van der Waals surface area contributed by atoms with Gasteiger partial charge < -0.3 is 18.8 Å². The highest BCUT2D eigenvalue weighted by Gasteiger charge is 2.21. The molecule has 2 aromatic heterocycles. The molecule has 1 amide bonds. The standard InChI is InChI=1S/C32H31N3O5/c1-22-13-15-26(16-14-22)40-32(38)35(21-30(36)37)20-25-10-6-12-29-27(25)17-19-34(29)18-7-11-28-23(2)39-31(33-28)24-8-4-3-5-9-24/h3-6,8-10,12-17,19H,7,11,18,20-21H2,1-2H3,(H,36,37). The fraction of sp³-hybridized carbons (Fsp3) is 0.219. The first kappa shape index (κ1) is 26.7. The van der Waals surface area contributed by atoms with E-state index < -0.39 is 18.6 Å². The van der Waals surface area contributed by atoms with E-state index in [1.165, 1.54) is 4.90 Å². The third kappa shape index (κ3) is 6.23. The second-order valence-corrected chi connectivity index (χ2v) is 9.78. The molecule has 8 nitrogen and oxygen atoms in total. The van der Waals surface area contributed by atoms with Crippen molar-refractivity contribution < 1.29 is 23.8 Å². The largest absolute Gasteiger partial charge is 0.480 e. The number of oxazole rings is 1. The molecule has 0 fully saturated rings. The second kappa shape index (κ2) is 11.9. The molecule has 0 aliphatic heterocycles. The van der Waals surface area contributed by atoms with Crippen molar-refractivity contribution in [1.29, 1.82) is 0 Å². The summed E-state index contributed by atoms with van der Waals surface area (Å²) in [6, 6.07) is 24.8. The number of rotatable bonds is 10. The van der Waals surface area contributed by atoms with Gasteiger partial charge >= 0.3 is 12.1 Å². The summed E-state index contributed by atoms with van der Waals surface area (Å²) in [5, 5.41) is 10.4. The van der Waals surface area contributed by atoms with Crippen molar-refractivity contribution in [2.24, 2.45) is 0 Å². The molecule has 8 heteroatoms. The topological polar surface area (TPSA) is 97.8 Å². The Balaban J connectivity index is 1.27. The minimum absolute atomic E-state index is 0.110. The molecule has 204 valence electrons. The number of carboxylic acids is 1. The van der Waals surface area contributed by atoms with Gasteiger partial charge in [-0.15, -0.1) is 0 Å². The Morgan fingerprint density at radius 2 is 1.75 bits per heavy atom. The van der Waals surface area contributed by atoms with Gasteiger partial charge in [-0.05, 0) is 68.7 Å². The first-order chi connectivity index (χ1) is 19.4. The van der Waals surface area contributed by atoms with E-state index in [-0.39, 0.29) is 6.54 Å². The van der Waals surface area contributed by atoms with Crippen LogP contribution in [0.1, 0.15) is 29.0 Å². The third-order valence-electron chi connectivity index (χ3n) is 6.80. The molecule has 0 atom stereocenters. The minimum atomic E-state index is -1.11. The lowest BCUT2D eigenvalue weighted by Gasteiger charge is -2.21. The van der Waals surface area contributed by atoms with Gasteiger partial charge in [0, 0.05) is 29.2 Å². The molecule has 0 aliphatic rings. The van der Waals surface area contributed by atoms with Crippen LogP contribution >= 0.6 is 0 Å². The van der Waals surface area contributed by atoms with Gasteiger partial charge in [0.25, 0.3) is 0 Å². The number of nitrogens with zero attached hydrogens (tertiary/aromatic N) is 3. The maximum Gasteiger partial charge on any atom is 0.416 e. The molecule has 0 radical (unpaired) electrons. The zero-order valence-corrected chi connectivity index (χ0v) is 22.5. The van der Waals surface area contributed by atoms with Gasteiger partial charge in [-0.1, -0.05) is 48.0 Å². The average Bonchev–Trinajstić information content (AvgIpc) is 3.54. The number of aromatic nitrogens is 2. The molecule has 0 unspecified atom stereocenters.